The van der Waals surface area contributed by atoms with Gasteiger partial charge in [0.15, 0.2) is 11.6 Å². The fourth-order valence-electron chi connectivity index (χ4n) is 2.96. The summed E-state index contributed by atoms with van der Waals surface area (Å²) in [6.07, 6.45) is -3.18. The Hall–Kier alpha value is -3.96. The van der Waals surface area contributed by atoms with Crippen LogP contribution < -0.4 is 15.4 Å². The Balaban J connectivity index is 1.94. The number of alkyl halides is 3. The number of hydrogen-bond acceptors (Lipinski definition) is 4. The standard InChI is InChI=1S/C23H21F5N4O3/c1-12-10-32(11-29-12)15-8-13(7-14(9-15)23(26,27)28)20(33)30-17-6-5-16(24)19(18(17)25)35-21(34)31-22(2,3)4/h5-11H,1-4H3,(H,30,33)(H,31,34). The largest absolute Gasteiger partial charge is 0.416 e. The molecule has 12 heteroatoms. The monoisotopic (exact) mass is 496 g/mol. The molecule has 0 spiro atoms. The molecular formula is C23H21F5N4O3. The number of aromatic nitrogens is 2. The SMILES string of the molecule is Cc1cn(-c2cc(C(=O)Nc3ccc(F)c(OC(=O)NC(C)(C)C)c3F)cc(C(F)(F)F)c2)cn1. The van der Waals surface area contributed by atoms with Crippen LogP contribution in [0.15, 0.2) is 42.9 Å². The van der Waals surface area contributed by atoms with Gasteiger partial charge in [0, 0.05) is 23.0 Å². The first kappa shape index (κ1) is 25.7. The number of imidazole rings is 1. The summed E-state index contributed by atoms with van der Waals surface area (Å²) >= 11 is 0. The third-order valence-electron chi connectivity index (χ3n) is 4.49. The van der Waals surface area contributed by atoms with Crippen molar-refractivity contribution < 1.29 is 36.3 Å². The van der Waals surface area contributed by atoms with Crippen LogP contribution in [-0.4, -0.2) is 27.1 Å². The molecule has 0 atom stereocenters. The first-order chi connectivity index (χ1) is 16.1. The maximum absolute atomic E-state index is 14.9. The lowest BCUT2D eigenvalue weighted by molar-refractivity contribution is -0.137. The number of anilines is 1. The van der Waals surface area contributed by atoms with E-state index in [0.717, 1.165) is 24.3 Å². The van der Waals surface area contributed by atoms with E-state index in [0.29, 0.717) is 11.8 Å². The predicted octanol–water partition coefficient (Wildman–Crippen LogP) is 5.62. The first-order valence-corrected chi connectivity index (χ1v) is 10.2. The molecule has 0 saturated heterocycles. The highest BCUT2D eigenvalue weighted by Gasteiger charge is 2.32. The number of halogens is 5. The summed E-state index contributed by atoms with van der Waals surface area (Å²) < 4.78 is 75.3. The number of carbonyl (C=O) groups excluding carboxylic acids is 2. The molecule has 0 radical (unpaired) electrons. The molecule has 0 aliphatic carbocycles. The number of aryl methyl sites for hydroxylation is 1. The lowest BCUT2D eigenvalue weighted by Gasteiger charge is -2.20. The molecule has 0 bridgehead atoms. The molecule has 7 nitrogen and oxygen atoms in total. The van der Waals surface area contributed by atoms with Crippen molar-refractivity contribution in [2.45, 2.75) is 39.4 Å². The Bertz CT molecular complexity index is 1280. The van der Waals surface area contributed by atoms with Crippen molar-refractivity contribution in [3.05, 3.63) is 71.3 Å². The summed E-state index contributed by atoms with van der Waals surface area (Å²) in [4.78, 5) is 28.6. The van der Waals surface area contributed by atoms with E-state index in [9.17, 15) is 31.5 Å². The number of benzene rings is 2. The molecule has 2 aromatic carbocycles. The van der Waals surface area contributed by atoms with Crippen LogP contribution in [0.3, 0.4) is 0 Å². The summed E-state index contributed by atoms with van der Waals surface area (Å²) in [6.45, 7) is 6.49. The molecule has 3 aromatic rings. The van der Waals surface area contributed by atoms with Gasteiger partial charge in [0.25, 0.3) is 5.91 Å². The van der Waals surface area contributed by atoms with Crippen molar-refractivity contribution in [3.63, 3.8) is 0 Å². The van der Waals surface area contributed by atoms with Gasteiger partial charge in [0.2, 0.25) is 5.75 Å². The zero-order valence-corrected chi connectivity index (χ0v) is 19.1. The maximum Gasteiger partial charge on any atom is 0.416 e. The van der Waals surface area contributed by atoms with Crippen LogP contribution in [0.4, 0.5) is 32.4 Å². The van der Waals surface area contributed by atoms with Crippen LogP contribution in [0.5, 0.6) is 5.75 Å². The average Bonchev–Trinajstić information content (AvgIpc) is 3.17. The second kappa shape index (κ2) is 9.35. The molecule has 0 aliphatic heterocycles. The van der Waals surface area contributed by atoms with Crippen LogP contribution in [0.25, 0.3) is 5.69 Å². The highest BCUT2D eigenvalue weighted by molar-refractivity contribution is 6.05. The second-order valence-corrected chi connectivity index (χ2v) is 8.65. The number of carbonyl (C=O) groups is 2. The van der Waals surface area contributed by atoms with Gasteiger partial charge in [-0.3, -0.25) is 4.79 Å². The summed E-state index contributed by atoms with van der Waals surface area (Å²) in [6, 6.07) is 4.17. The van der Waals surface area contributed by atoms with E-state index in [1.807, 2.05) is 0 Å². The molecule has 2 N–H and O–H groups in total. The highest BCUT2D eigenvalue weighted by atomic mass is 19.4. The molecule has 0 saturated carbocycles. The average molecular weight is 496 g/mol. The van der Waals surface area contributed by atoms with E-state index in [-0.39, 0.29) is 5.69 Å². The molecule has 3 rings (SSSR count). The van der Waals surface area contributed by atoms with Gasteiger partial charge in [-0.1, -0.05) is 0 Å². The zero-order valence-electron chi connectivity index (χ0n) is 19.1. The Morgan fingerprint density at radius 1 is 1.06 bits per heavy atom. The Kier molecular flexibility index (Phi) is 6.86. The fraction of sp³-hybridized carbons (Fsp3) is 0.261. The van der Waals surface area contributed by atoms with Gasteiger partial charge in [0.05, 0.1) is 23.3 Å². The lowest BCUT2D eigenvalue weighted by atomic mass is 10.1. The summed E-state index contributed by atoms with van der Waals surface area (Å²) in [5, 5.41) is 4.45. The van der Waals surface area contributed by atoms with Crippen LogP contribution in [0.2, 0.25) is 0 Å². The quantitative estimate of drug-likeness (QED) is 0.460. The predicted molar refractivity (Wildman–Crippen MR) is 117 cm³/mol. The van der Waals surface area contributed by atoms with E-state index in [4.69, 9.17) is 4.74 Å². The minimum Gasteiger partial charge on any atom is -0.404 e. The minimum atomic E-state index is -4.77. The van der Waals surface area contributed by atoms with Crippen molar-refractivity contribution in [2.75, 3.05) is 5.32 Å². The Morgan fingerprint density at radius 3 is 2.31 bits per heavy atom. The van der Waals surface area contributed by atoms with E-state index < -0.39 is 57.9 Å². The van der Waals surface area contributed by atoms with Gasteiger partial charge in [0.1, 0.15) is 0 Å². The van der Waals surface area contributed by atoms with E-state index in [2.05, 4.69) is 15.6 Å². The number of ether oxygens (including phenoxy) is 1. The number of nitrogens with zero attached hydrogens (tertiary/aromatic N) is 2. The van der Waals surface area contributed by atoms with Crippen molar-refractivity contribution in [2.24, 2.45) is 0 Å². The molecule has 0 aliphatic rings. The third-order valence-corrected chi connectivity index (χ3v) is 4.49. The van der Waals surface area contributed by atoms with Crippen molar-refractivity contribution in [1.29, 1.82) is 0 Å². The van der Waals surface area contributed by atoms with E-state index in [1.165, 1.54) is 17.1 Å². The topological polar surface area (TPSA) is 85.2 Å². The molecule has 0 fully saturated rings. The third kappa shape index (κ3) is 6.34. The molecule has 35 heavy (non-hydrogen) atoms. The first-order valence-electron chi connectivity index (χ1n) is 10.2. The fourth-order valence-corrected chi connectivity index (χ4v) is 2.96. The van der Waals surface area contributed by atoms with Gasteiger partial charge >= 0.3 is 12.3 Å². The normalized spacial score (nSPS) is 11.8. The van der Waals surface area contributed by atoms with Gasteiger partial charge in [-0.05, 0) is 58.0 Å². The van der Waals surface area contributed by atoms with E-state index in [1.54, 1.807) is 27.7 Å². The minimum absolute atomic E-state index is 0.00646. The summed E-state index contributed by atoms with van der Waals surface area (Å²) in [5.74, 6) is -4.82. The molecule has 0 unspecified atom stereocenters. The lowest BCUT2D eigenvalue weighted by Crippen LogP contribution is -2.42. The van der Waals surface area contributed by atoms with E-state index >= 15 is 0 Å². The van der Waals surface area contributed by atoms with Crippen LogP contribution >= 0.6 is 0 Å². The number of rotatable bonds is 4. The molecule has 186 valence electrons. The van der Waals surface area contributed by atoms with Crippen molar-refractivity contribution in [3.8, 4) is 11.4 Å². The number of hydrogen-bond donors (Lipinski definition) is 2. The summed E-state index contributed by atoms with van der Waals surface area (Å²) in [7, 11) is 0. The smallest absolute Gasteiger partial charge is 0.404 e. The van der Waals surface area contributed by atoms with Crippen molar-refractivity contribution in [1.82, 2.24) is 14.9 Å². The number of amides is 2. The van der Waals surface area contributed by atoms with Gasteiger partial charge in [-0.2, -0.15) is 13.2 Å². The highest BCUT2D eigenvalue weighted by Crippen LogP contribution is 2.33. The Morgan fingerprint density at radius 2 is 1.74 bits per heavy atom. The molecule has 2 amide bonds. The zero-order chi connectivity index (χ0) is 26.1. The van der Waals surface area contributed by atoms with Crippen molar-refractivity contribution >= 4 is 17.7 Å². The molecule has 1 heterocycles. The van der Waals surface area contributed by atoms with Gasteiger partial charge in [-0.15, -0.1) is 0 Å². The van der Waals surface area contributed by atoms with Crippen LogP contribution in [-0.2, 0) is 6.18 Å². The van der Waals surface area contributed by atoms with Gasteiger partial charge in [-0.25, -0.2) is 18.6 Å². The molecular weight excluding hydrogens is 475 g/mol. The van der Waals surface area contributed by atoms with Gasteiger partial charge < -0.3 is 19.9 Å². The summed E-state index contributed by atoms with van der Waals surface area (Å²) in [5.41, 5.74) is -2.40. The second-order valence-electron chi connectivity index (χ2n) is 8.65. The van der Waals surface area contributed by atoms with Crippen LogP contribution in [0.1, 0.15) is 42.4 Å². The molecule has 1 aromatic heterocycles. The number of nitrogens with one attached hydrogen (secondary N) is 2. The maximum atomic E-state index is 14.9. The van der Waals surface area contributed by atoms with Crippen LogP contribution in [0, 0.1) is 18.6 Å². The Labute approximate surface area is 196 Å².